The van der Waals surface area contributed by atoms with Crippen molar-refractivity contribution < 1.29 is 8.78 Å². The van der Waals surface area contributed by atoms with Gasteiger partial charge in [0.25, 0.3) is 5.76 Å². The minimum absolute atomic E-state index is 0.427. The van der Waals surface area contributed by atoms with E-state index in [4.69, 9.17) is 0 Å². The van der Waals surface area contributed by atoms with Gasteiger partial charge in [0.15, 0.2) is 4.34 Å². The summed E-state index contributed by atoms with van der Waals surface area (Å²) in [6, 6.07) is 7.42. The highest BCUT2D eigenvalue weighted by Crippen LogP contribution is 2.32. The van der Waals surface area contributed by atoms with E-state index < -0.39 is 5.76 Å². The number of halogens is 2. The lowest BCUT2D eigenvalue weighted by molar-refractivity contribution is 0.252. The number of benzene rings is 1. The van der Waals surface area contributed by atoms with Gasteiger partial charge in [0.2, 0.25) is 0 Å². The molecule has 17 heavy (non-hydrogen) atoms. The second kappa shape index (κ2) is 9.36. The molecule has 0 amide bonds. The van der Waals surface area contributed by atoms with E-state index in [9.17, 15) is 8.78 Å². The third-order valence-electron chi connectivity index (χ3n) is 1.46. The number of para-hydroxylation sites is 1. The molecule has 1 aromatic carbocycles. The van der Waals surface area contributed by atoms with Crippen molar-refractivity contribution in [2.75, 3.05) is 0 Å². The van der Waals surface area contributed by atoms with E-state index in [0.717, 1.165) is 10.2 Å². The summed E-state index contributed by atoms with van der Waals surface area (Å²) in [6.45, 7) is 8.00. The molecule has 0 saturated heterocycles. The number of thiazole rings is 1. The van der Waals surface area contributed by atoms with E-state index in [-0.39, 0.29) is 0 Å². The fraction of sp³-hybridized carbons (Fsp3) is 0.417. The van der Waals surface area contributed by atoms with E-state index >= 15 is 0 Å². The quantitative estimate of drug-likeness (QED) is 0.656. The molecule has 0 aliphatic carbocycles. The maximum Gasteiger partial charge on any atom is 0.291 e. The number of thioether (sulfide) groups is 1. The summed E-state index contributed by atoms with van der Waals surface area (Å²) in [5.41, 5.74) is 0.788. The van der Waals surface area contributed by atoms with Crippen molar-refractivity contribution in [3.8, 4) is 0 Å². The summed E-state index contributed by atoms with van der Waals surface area (Å²) >= 11 is 1.80. The second-order valence-electron chi connectivity index (χ2n) is 2.33. The van der Waals surface area contributed by atoms with Gasteiger partial charge in [0.1, 0.15) is 0 Å². The first kappa shape index (κ1) is 16.3. The fourth-order valence-electron chi connectivity index (χ4n) is 0.978. The molecule has 1 heterocycles. The zero-order valence-electron chi connectivity index (χ0n) is 10.4. The van der Waals surface area contributed by atoms with Crippen molar-refractivity contribution in [1.82, 2.24) is 4.98 Å². The molecule has 0 N–H and O–H groups in total. The van der Waals surface area contributed by atoms with Crippen LogP contribution in [0.3, 0.4) is 0 Å². The molecule has 1 aromatic heterocycles. The lowest BCUT2D eigenvalue weighted by atomic mass is 10.3. The minimum atomic E-state index is -2.39. The van der Waals surface area contributed by atoms with Crippen LogP contribution in [0.1, 0.15) is 27.7 Å². The summed E-state index contributed by atoms with van der Waals surface area (Å²) < 4.78 is 25.3. The molecule has 0 aliphatic heterocycles. The number of hydrogen-bond acceptors (Lipinski definition) is 3. The fourth-order valence-corrected chi connectivity index (χ4v) is 2.66. The lowest BCUT2D eigenvalue weighted by Crippen LogP contribution is -1.78. The van der Waals surface area contributed by atoms with Crippen LogP contribution in [0.2, 0.25) is 0 Å². The summed E-state index contributed by atoms with van der Waals surface area (Å²) in [5.74, 6) is -2.39. The highest BCUT2D eigenvalue weighted by Gasteiger charge is 2.09. The maximum atomic E-state index is 12.0. The van der Waals surface area contributed by atoms with Crippen molar-refractivity contribution in [1.29, 1.82) is 0 Å². The van der Waals surface area contributed by atoms with Gasteiger partial charge in [0.05, 0.1) is 10.2 Å². The Morgan fingerprint density at radius 2 is 1.71 bits per heavy atom. The van der Waals surface area contributed by atoms with Gasteiger partial charge in [-0.15, -0.1) is 11.3 Å². The molecule has 0 saturated carbocycles. The lowest BCUT2D eigenvalue weighted by Gasteiger charge is -1.90. The molecule has 96 valence electrons. The number of fused-ring (bicyclic) bond motifs is 1. The van der Waals surface area contributed by atoms with Crippen LogP contribution in [-0.4, -0.2) is 10.7 Å². The summed E-state index contributed by atoms with van der Waals surface area (Å²) in [5, 5.41) is 0. The number of aromatic nitrogens is 1. The molecular weight excluding hydrogens is 260 g/mol. The normalized spacial score (nSPS) is 9.35. The Morgan fingerprint density at radius 3 is 2.24 bits per heavy atom. The van der Waals surface area contributed by atoms with Gasteiger partial charge < -0.3 is 0 Å². The van der Waals surface area contributed by atoms with Gasteiger partial charge in [-0.1, -0.05) is 39.8 Å². The van der Waals surface area contributed by atoms with Crippen LogP contribution in [0.25, 0.3) is 10.2 Å². The first-order valence-corrected chi connectivity index (χ1v) is 7.26. The van der Waals surface area contributed by atoms with E-state index in [0.29, 0.717) is 16.1 Å². The monoisotopic (exact) mass is 277 g/mol. The standard InChI is InChI=1S/C8H5F2NS2.2C2H6/c9-7(10)13-8-11-5-3-1-2-4-6(5)12-8;2*1-2/h1-4,7H;2*1-2H3. The molecule has 1 nitrogen and oxygen atoms in total. The van der Waals surface area contributed by atoms with Gasteiger partial charge in [-0.2, -0.15) is 8.78 Å². The zero-order valence-corrected chi connectivity index (χ0v) is 12.0. The second-order valence-corrected chi connectivity index (χ2v) is 4.59. The molecular formula is C12H17F2NS2. The summed E-state index contributed by atoms with van der Waals surface area (Å²) in [7, 11) is 0. The number of hydrogen-bond donors (Lipinski definition) is 0. The summed E-state index contributed by atoms with van der Waals surface area (Å²) in [6.07, 6.45) is 0. The molecule has 5 heteroatoms. The Balaban J connectivity index is 0.000000581. The molecule has 0 aliphatic rings. The Morgan fingerprint density at radius 1 is 1.12 bits per heavy atom. The topological polar surface area (TPSA) is 12.9 Å². The highest BCUT2D eigenvalue weighted by molar-refractivity contribution is 8.01. The van der Waals surface area contributed by atoms with Crippen molar-refractivity contribution in [3.05, 3.63) is 24.3 Å². The average Bonchev–Trinajstić information content (AvgIpc) is 2.75. The third kappa shape index (κ3) is 5.46. The predicted octanol–water partition coefficient (Wildman–Crippen LogP) is 5.66. The first-order chi connectivity index (χ1) is 8.25. The molecule has 2 aromatic rings. The van der Waals surface area contributed by atoms with Gasteiger partial charge in [-0.05, 0) is 23.9 Å². The van der Waals surface area contributed by atoms with Gasteiger partial charge in [0, 0.05) is 0 Å². The van der Waals surface area contributed by atoms with Crippen LogP contribution in [0.5, 0.6) is 0 Å². The van der Waals surface area contributed by atoms with Crippen LogP contribution in [0.4, 0.5) is 8.78 Å². The number of rotatable bonds is 2. The van der Waals surface area contributed by atoms with Crippen LogP contribution in [0.15, 0.2) is 28.6 Å². The van der Waals surface area contributed by atoms with Crippen LogP contribution >= 0.6 is 23.1 Å². The molecule has 0 unspecified atom stereocenters. The van der Waals surface area contributed by atoms with Crippen LogP contribution in [0, 0.1) is 0 Å². The van der Waals surface area contributed by atoms with Gasteiger partial charge >= 0.3 is 0 Å². The zero-order chi connectivity index (χ0) is 13.3. The maximum absolute atomic E-state index is 12.0. The summed E-state index contributed by atoms with van der Waals surface area (Å²) in [4.78, 5) is 4.05. The SMILES string of the molecule is CC.CC.FC(F)Sc1nc2ccccc2s1. The Kier molecular flexibility index (Phi) is 8.99. The Hall–Kier alpha value is -0.680. The van der Waals surface area contributed by atoms with Gasteiger partial charge in [-0.25, -0.2) is 4.98 Å². The minimum Gasteiger partial charge on any atom is -0.229 e. The average molecular weight is 277 g/mol. The highest BCUT2D eigenvalue weighted by atomic mass is 32.2. The van der Waals surface area contributed by atoms with Crippen molar-refractivity contribution in [3.63, 3.8) is 0 Å². The third-order valence-corrected chi connectivity index (χ3v) is 3.30. The van der Waals surface area contributed by atoms with Crippen LogP contribution in [-0.2, 0) is 0 Å². The van der Waals surface area contributed by atoms with Crippen molar-refractivity contribution >= 4 is 33.3 Å². The van der Waals surface area contributed by atoms with Crippen molar-refractivity contribution in [2.45, 2.75) is 37.8 Å². The number of nitrogens with zero attached hydrogens (tertiary/aromatic N) is 1. The smallest absolute Gasteiger partial charge is 0.229 e. The molecule has 0 radical (unpaired) electrons. The Bertz CT molecular complexity index is 383. The molecule has 0 atom stereocenters. The molecule has 2 rings (SSSR count). The Labute approximate surface area is 109 Å². The molecule has 0 spiro atoms. The van der Waals surface area contributed by atoms with Crippen molar-refractivity contribution in [2.24, 2.45) is 0 Å². The van der Waals surface area contributed by atoms with Crippen LogP contribution < -0.4 is 0 Å². The predicted molar refractivity (Wildman–Crippen MR) is 74.2 cm³/mol. The molecule has 0 fully saturated rings. The van der Waals surface area contributed by atoms with E-state index in [2.05, 4.69) is 4.98 Å². The van der Waals surface area contributed by atoms with E-state index in [1.165, 1.54) is 11.3 Å². The van der Waals surface area contributed by atoms with E-state index in [1.54, 1.807) is 0 Å². The van der Waals surface area contributed by atoms with E-state index in [1.807, 2.05) is 52.0 Å². The molecule has 0 bridgehead atoms. The largest absolute Gasteiger partial charge is 0.291 e. The number of alkyl halides is 2. The first-order valence-electron chi connectivity index (χ1n) is 5.56. The van der Waals surface area contributed by atoms with Gasteiger partial charge in [-0.3, -0.25) is 0 Å².